The van der Waals surface area contributed by atoms with Crippen molar-refractivity contribution in [3.05, 3.63) is 24.3 Å². The number of morpholine rings is 1. The summed E-state index contributed by atoms with van der Waals surface area (Å²) in [6.45, 7) is 2.57. The first-order chi connectivity index (χ1) is 8.88. The van der Waals surface area contributed by atoms with Crippen LogP contribution in [0.15, 0.2) is 24.3 Å². The van der Waals surface area contributed by atoms with Crippen molar-refractivity contribution in [1.82, 2.24) is 15.2 Å². The van der Waals surface area contributed by atoms with Gasteiger partial charge in [0, 0.05) is 13.1 Å². The molecule has 0 bridgehead atoms. The summed E-state index contributed by atoms with van der Waals surface area (Å²) in [5, 5.41) is 8.37. The van der Waals surface area contributed by atoms with Crippen LogP contribution in [0.25, 0.3) is 11.0 Å². The molecule has 1 aromatic heterocycles. The Hall–Kier alpha value is -1.79. The first-order valence-electron chi connectivity index (χ1n) is 6.02. The number of fused-ring (bicyclic) bond motifs is 1. The second kappa shape index (κ2) is 4.83. The molecule has 1 atom stereocenters. The van der Waals surface area contributed by atoms with Crippen LogP contribution >= 0.6 is 0 Å². The molecule has 1 aliphatic heterocycles. The molecular formula is C12H15N5O. The van der Waals surface area contributed by atoms with E-state index in [-0.39, 0.29) is 6.04 Å². The van der Waals surface area contributed by atoms with Gasteiger partial charge in [0.15, 0.2) is 0 Å². The Morgan fingerprint density at radius 2 is 2.11 bits per heavy atom. The van der Waals surface area contributed by atoms with Crippen molar-refractivity contribution in [1.29, 1.82) is 0 Å². The third kappa shape index (κ3) is 2.00. The Bertz CT molecular complexity index is 547. The SMILES string of the molecule is NCC1COCCN1c1nnc2ccccc2n1. The number of anilines is 1. The van der Waals surface area contributed by atoms with Crippen LogP contribution in [0.1, 0.15) is 0 Å². The molecule has 2 N–H and O–H groups in total. The second-order valence-electron chi connectivity index (χ2n) is 4.26. The van der Waals surface area contributed by atoms with E-state index in [1.165, 1.54) is 0 Å². The van der Waals surface area contributed by atoms with Crippen molar-refractivity contribution in [3.8, 4) is 0 Å². The summed E-state index contributed by atoms with van der Waals surface area (Å²) in [4.78, 5) is 6.61. The molecule has 3 rings (SSSR count). The minimum Gasteiger partial charge on any atom is -0.377 e. The molecule has 0 radical (unpaired) electrons. The molecular weight excluding hydrogens is 230 g/mol. The third-order valence-electron chi connectivity index (χ3n) is 3.11. The molecule has 18 heavy (non-hydrogen) atoms. The molecule has 1 aromatic carbocycles. The average molecular weight is 245 g/mol. The zero-order valence-corrected chi connectivity index (χ0v) is 9.99. The lowest BCUT2D eigenvalue weighted by Crippen LogP contribution is -2.50. The molecule has 0 spiro atoms. The predicted molar refractivity (Wildman–Crippen MR) is 68.3 cm³/mol. The number of aromatic nitrogens is 3. The molecule has 0 aliphatic carbocycles. The lowest BCUT2D eigenvalue weighted by molar-refractivity contribution is 0.0953. The van der Waals surface area contributed by atoms with Crippen LogP contribution in [0.4, 0.5) is 5.95 Å². The van der Waals surface area contributed by atoms with E-state index in [4.69, 9.17) is 10.5 Å². The Kier molecular flexibility index (Phi) is 3.04. The van der Waals surface area contributed by atoms with Crippen molar-refractivity contribution in [2.24, 2.45) is 5.73 Å². The number of rotatable bonds is 2. The molecule has 1 fully saturated rings. The number of nitrogens with two attached hydrogens (primary N) is 1. The first kappa shape index (κ1) is 11.3. The first-order valence-corrected chi connectivity index (χ1v) is 6.02. The Balaban J connectivity index is 1.97. The van der Waals surface area contributed by atoms with Gasteiger partial charge in [0.05, 0.1) is 24.8 Å². The minimum absolute atomic E-state index is 0.127. The third-order valence-corrected chi connectivity index (χ3v) is 3.11. The topological polar surface area (TPSA) is 77.2 Å². The van der Waals surface area contributed by atoms with E-state index in [2.05, 4.69) is 20.1 Å². The van der Waals surface area contributed by atoms with Gasteiger partial charge in [-0.1, -0.05) is 12.1 Å². The normalized spacial score (nSPS) is 20.3. The summed E-state index contributed by atoms with van der Waals surface area (Å²) in [6, 6.07) is 7.84. The van der Waals surface area contributed by atoms with E-state index in [9.17, 15) is 0 Å². The van der Waals surface area contributed by atoms with Gasteiger partial charge in [0.25, 0.3) is 0 Å². The van der Waals surface area contributed by atoms with Gasteiger partial charge >= 0.3 is 0 Å². The van der Waals surface area contributed by atoms with Crippen molar-refractivity contribution in [2.45, 2.75) is 6.04 Å². The largest absolute Gasteiger partial charge is 0.377 e. The molecule has 0 amide bonds. The zero-order valence-electron chi connectivity index (χ0n) is 9.99. The maximum atomic E-state index is 5.75. The van der Waals surface area contributed by atoms with E-state index < -0.39 is 0 Å². The van der Waals surface area contributed by atoms with Gasteiger partial charge < -0.3 is 15.4 Å². The highest BCUT2D eigenvalue weighted by atomic mass is 16.5. The van der Waals surface area contributed by atoms with Crippen molar-refractivity contribution in [2.75, 3.05) is 31.2 Å². The summed E-state index contributed by atoms with van der Waals surface area (Å²) >= 11 is 0. The highest BCUT2D eigenvalue weighted by molar-refractivity contribution is 5.74. The van der Waals surface area contributed by atoms with Crippen molar-refractivity contribution in [3.63, 3.8) is 0 Å². The molecule has 6 heteroatoms. The highest BCUT2D eigenvalue weighted by Gasteiger charge is 2.24. The Morgan fingerprint density at radius 1 is 1.28 bits per heavy atom. The smallest absolute Gasteiger partial charge is 0.246 e. The van der Waals surface area contributed by atoms with E-state index >= 15 is 0 Å². The molecule has 2 heterocycles. The van der Waals surface area contributed by atoms with E-state index in [1.54, 1.807) is 0 Å². The van der Waals surface area contributed by atoms with E-state index in [0.29, 0.717) is 25.7 Å². The average Bonchev–Trinajstić information content (AvgIpc) is 2.46. The zero-order chi connectivity index (χ0) is 12.4. The molecule has 0 saturated carbocycles. The van der Waals surface area contributed by atoms with Gasteiger partial charge in [-0.2, -0.15) is 0 Å². The molecule has 6 nitrogen and oxygen atoms in total. The summed E-state index contributed by atoms with van der Waals surface area (Å²) < 4.78 is 5.41. The number of benzene rings is 1. The molecule has 2 aromatic rings. The molecule has 1 aliphatic rings. The fourth-order valence-corrected chi connectivity index (χ4v) is 2.11. The monoisotopic (exact) mass is 245 g/mol. The van der Waals surface area contributed by atoms with Crippen LogP contribution in [0.5, 0.6) is 0 Å². The number of para-hydroxylation sites is 1. The van der Waals surface area contributed by atoms with Gasteiger partial charge in [-0.15, -0.1) is 10.2 Å². The lowest BCUT2D eigenvalue weighted by atomic mass is 10.2. The summed E-state index contributed by atoms with van der Waals surface area (Å²) in [5.74, 6) is 0.632. The van der Waals surface area contributed by atoms with Gasteiger partial charge in [0.1, 0.15) is 5.52 Å². The van der Waals surface area contributed by atoms with Crippen LogP contribution in [0.2, 0.25) is 0 Å². The predicted octanol–water partition coefficient (Wildman–Crippen LogP) is 0.189. The quantitative estimate of drug-likeness (QED) is 0.813. The van der Waals surface area contributed by atoms with Crippen LogP contribution in [0, 0.1) is 0 Å². The second-order valence-corrected chi connectivity index (χ2v) is 4.26. The Morgan fingerprint density at radius 3 is 2.94 bits per heavy atom. The van der Waals surface area contributed by atoms with Crippen LogP contribution in [-0.4, -0.2) is 47.5 Å². The van der Waals surface area contributed by atoms with Crippen LogP contribution in [0.3, 0.4) is 0 Å². The maximum Gasteiger partial charge on any atom is 0.246 e. The molecule has 94 valence electrons. The van der Waals surface area contributed by atoms with E-state index in [1.807, 2.05) is 24.3 Å². The minimum atomic E-state index is 0.127. The summed E-state index contributed by atoms with van der Waals surface area (Å²) in [7, 11) is 0. The maximum absolute atomic E-state index is 5.75. The van der Waals surface area contributed by atoms with E-state index in [0.717, 1.165) is 17.6 Å². The standard InChI is InChI=1S/C12H15N5O/c13-7-9-8-18-6-5-17(9)12-14-10-3-1-2-4-11(10)15-16-12/h1-4,9H,5-8,13H2. The number of nitrogens with zero attached hydrogens (tertiary/aromatic N) is 4. The molecule has 1 saturated heterocycles. The molecule has 1 unspecified atom stereocenters. The van der Waals surface area contributed by atoms with Gasteiger partial charge in [0.2, 0.25) is 5.95 Å². The fourth-order valence-electron chi connectivity index (χ4n) is 2.11. The van der Waals surface area contributed by atoms with Crippen molar-refractivity contribution >= 4 is 17.0 Å². The highest BCUT2D eigenvalue weighted by Crippen LogP contribution is 2.16. The van der Waals surface area contributed by atoms with Crippen LogP contribution in [-0.2, 0) is 4.74 Å². The van der Waals surface area contributed by atoms with Gasteiger partial charge in [-0.25, -0.2) is 4.98 Å². The number of hydrogen-bond donors (Lipinski definition) is 1. The van der Waals surface area contributed by atoms with Gasteiger partial charge in [-0.3, -0.25) is 0 Å². The lowest BCUT2D eigenvalue weighted by Gasteiger charge is -2.34. The fraction of sp³-hybridized carbons (Fsp3) is 0.417. The van der Waals surface area contributed by atoms with Crippen molar-refractivity contribution < 1.29 is 4.74 Å². The van der Waals surface area contributed by atoms with Gasteiger partial charge in [-0.05, 0) is 12.1 Å². The Labute approximate surface area is 105 Å². The number of ether oxygens (including phenoxy) is 1. The number of hydrogen-bond acceptors (Lipinski definition) is 6. The van der Waals surface area contributed by atoms with Crippen LogP contribution < -0.4 is 10.6 Å². The summed E-state index contributed by atoms with van der Waals surface area (Å²) in [6.07, 6.45) is 0. The summed E-state index contributed by atoms with van der Waals surface area (Å²) in [5.41, 5.74) is 7.40.